The van der Waals surface area contributed by atoms with Gasteiger partial charge in [-0.1, -0.05) is 41.5 Å². The van der Waals surface area contributed by atoms with Gasteiger partial charge in [0.25, 0.3) is 0 Å². The Morgan fingerprint density at radius 1 is 0.583 bits per heavy atom. The molecule has 0 fully saturated rings. The summed E-state index contributed by atoms with van der Waals surface area (Å²) in [6.07, 6.45) is 4.08. The molecule has 2 unspecified atom stereocenters. The second kappa shape index (κ2) is 35.0. The summed E-state index contributed by atoms with van der Waals surface area (Å²) in [5.74, 6) is 1.93. The Labute approximate surface area is 227 Å². The minimum absolute atomic E-state index is 0.284. The first-order chi connectivity index (χ1) is 17.3. The fourth-order valence-electron chi connectivity index (χ4n) is 2.46. The molecule has 0 saturated heterocycles. The lowest BCUT2D eigenvalue weighted by Crippen LogP contribution is -2.32. The van der Waals surface area contributed by atoms with Crippen LogP contribution in [0, 0.1) is 0 Å². The van der Waals surface area contributed by atoms with Crippen molar-refractivity contribution >= 4 is 11.8 Å². The average molecular weight is 544 g/mol. The molecule has 0 aromatic heterocycles. The maximum Gasteiger partial charge on any atom is 0.101 e. The van der Waals surface area contributed by atoms with Crippen LogP contribution in [0.4, 0.5) is 0 Å². The molecule has 0 aliphatic rings. The number of aliphatic hydroxyl groups excluding tert-OH is 3. The average Bonchev–Trinajstić information content (AvgIpc) is 2.85. The van der Waals surface area contributed by atoms with Crippen LogP contribution in [-0.4, -0.2) is 123 Å². The first-order valence-electron chi connectivity index (χ1n) is 13.9. The molecule has 8 nitrogen and oxygen atoms in total. The van der Waals surface area contributed by atoms with Crippen LogP contribution in [0.5, 0.6) is 0 Å². The van der Waals surface area contributed by atoms with Crippen molar-refractivity contribution in [3.05, 3.63) is 0 Å². The van der Waals surface area contributed by atoms with Crippen LogP contribution in [0.1, 0.15) is 73.6 Å². The molecule has 0 saturated carbocycles. The van der Waals surface area contributed by atoms with Crippen LogP contribution in [0.25, 0.3) is 0 Å². The van der Waals surface area contributed by atoms with Crippen LogP contribution < -0.4 is 0 Å². The topological polar surface area (TPSA) is 101 Å². The minimum atomic E-state index is -0.469. The molecule has 0 aliphatic heterocycles. The Morgan fingerprint density at radius 3 is 1.33 bits per heavy atom. The maximum atomic E-state index is 9.41. The van der Waals surface area contributed by atoms with Crippen LogP contribution in [0.3, 0.4) is 0 Å². The van der Waals surface area contributed by atoms with E-state index in [2.05, 4.69) is 32.6 Å². The quantitative estimate of drug-likeness (QED) is 0.166. The predicted octanol–water partition coefficient (Wildman–Crippen LogP) is 3.84. The molecule has 9 heteroatoms. The predicted molar refractivity (Wildman–Crippen MR) is 153 cm³/mol. The third-order valence-corrected chi connectivity index (χ3v) is 5.67. The molecule has 0 rings (SSSR count). The van der Waals surface area contributed by atoms with Crippen molar-refractivity contribution in [2.24, 2.45) is 0 Å². The van der Waals surface area contributed by atoms with Crippen molar-refractivity contribution in [3.8, 4) is 0 Å². The van der Waals surface area contributed by atoms with E-state index in [4.69, 9.17) is 18.9 Å². The van der Waals surface area contributed by atoms with Gasteiger partial charge in [0.1, 0.15) is 6.10 Å². The number of thioether (sulfide) groups is 1. The van der Waals surface area contributed by atoms with E-state index in [1.54, 1.807) is 11.8 Å². The summed E-state index contributed by atoms with van der Waals surface area (Å²) in [5, 5.41) is 28.0. The fraction of sp³-hybridized carbons (Fsp3) is 1.00. The molecular weight excluding hydrogens is 482 g/mol. The van der Waals surface area contributed by atoms with E-state index in [0.717, 1.165) is 56.9 Å². The van der Waals surface area contributed by atoms with Crippen LogP contribution in [0.15, 0.2) is 0 Å². The van der Waals surface area contributed by atoms with Crippen LogP contribution in [-0.2, 0) is 18.9 Å². The lowest BCUT2D eigenvalue weighted by Gasteiger charge is -2.18. The zero-order valence-electron chi connectivity index (χ0n) is 24.6. The van der Waals surface area contributed by atoms with Crippen molar-refractivity contribution in [2.45, 2.75) is 92.0 Å². The van der Waals surface area contributed by atoms with E-state index in [1.165, 1.54) is 6.42 Å². The smallest absolute Gasteiger partial charge is 0.101 e. The van der Waals surface area contributed by atoms with Crippen molar-refractivity contribution < 1.29 is 34.3 Å². The van der Waals surface area contributed by atoms with Gasteiger partial charge in [0.05, 0.1) is 38.6 Å². The van der Waals surface area contributed by atoms with Gasteiger partial charge in [-0.25, -0.2) is 0 Å². The third kappa shape index (κ3) is 38.6. The van der Waals surface area contributed by atoms with E-state index < -0.39 is 6.10 Å². The van der Waals surface area contributed by atoms with Crippen LogP contribution >= 0.6 is 11.8 Å². The summed E-state index contributed by atoms with van der Waals surface area (Å²) in [4.78, 5) is 2.07. The Bertz CT molecular complexity index is 342. The standard InChI is InChI=1S/C9H21NO2.C9H20O3.C9H20O2S/c1-4-6-12-8-9(11)7-10(3)5-2;2*1-3-5-11-7-9(10)8-12-6-4-2/h9,11H,4-8H2,1-3H3;2*9-10H,3-8H2,1-2H3. The Balaban J connectivity index is -0.000000454. The Morgan fingerprint density at radius 2 is 0.972 bits per heavy atom. The summed E-state index contributed by atoms with van der Waals surface area (Å²) in [5.41, 5.74) is 0. The van der Waals surface area contributed by atoms with Gasteiger partial charge in [0, 0.05) is 38.7 Å². The van der Waals surface area contributed by atoms with E-state index >= 15 is 0 Å². The van der Waals surface area contributed by atoms with Gasteiger partial charge in [-0.05, 0) is 51.4 Å². The molecule has 0 spiro atoms. The molecule has 36 heavy (non-hydrogen) atoms. The summed E-state index contributed by atoms with van der Waals surface area (Å²) in [7, 11) is 1.99. The maximum absolute atomic E-state index is 9.41. The lowest BCUT2D eigenvalue weighted by atomic mass is 10.3. The third-order valence-electron chi connectivity index (χ3n) is 4.36. The lowest BCUT2D eigenvalue weighted by molar-refractivity contribution is -0.0184. The van der Waals surface area contributed by atoms with Gasteiger partial charge in [-0.2, -0.15) is 11.8 Å². The second-order valence-electron chi connectivity index (χ2n) is 8.69. The highest BCUT2D eigenvalue weighted by Gasteiger charge is 2.06. The highest BCUT2D eigenvalue weighted by molar-refractivity contribution is 7.99. The Kier molecular flexibility index (Phi) is 39.4. The molecule has 0 heterocycles. The van der Waals surface area contributed by atoms with E-state index in [1.807, 2.05) is 20.9 Å². The number of hydrogen-bond acceptors (Lipinski definition) is 9. The molecule has 0 aliphatic carbocycles. The van der Waals surface area contributed by atoms with Gasteiger partial charge in [0.2, 0.25) is 0 Å². The largest absolute Gasteiger partial charge is 0.390 e. The first kappa shape index (κ1) is 40.5. The SMILES string of the molecule is CCCOCC(O)CN(C)CC.CCCOCC(O)COCCC.CCCOCC(O)CSCCC. The number of ether oxygens (including phenoxy) is 4. The molecule has 222 valence electrons. The first-order valence-corrected chi connectivity index (χ1v) is 15.1. The van der Waals surface area contributed by atoms with E-state index in [0.29, 0.717) is 46.2 Å². The second-order valence-corrected chi connectivity index (χ2v) is 9.84. The van der Waals surface area contributed by atoms with Gasteiger partial charge >= 0.3 is 0 Å². The van der Waals surface area contributed by atoms with Gasteiger partial charge < -0.3 is 39.2 Å². The number of nitrogens with zero attached hydrogens (tertiary/aromatic N) is 1. The van der Waals surface area contributed by atoms with Gasteiger partial charge in [-0.3, -0.25) is 0 Å². The highest BCUT2D eigenvalue weighted by atomic mass is 32.2. The summed E-state index contributed by atoms with van der Waals surface area (Å²) >= 11 is 1.79. The van der Waals surface area contributed by atoms with Crippen molar-refractivity contribution in [1.82, 2.24) is 4.90 Å². The Hall–Kier alpha value is 0.0300. The molecule has 0 amide bonds. The molecule has 0 radical (unpaired) electrons. The van der Waals surface area contributed by atoms with Crippen LogP contribution in [0.2, 0.25) is 0 Å². The molecule has 0 aromatic rings. The van der Waals surface area contributed by atoms with Gasteiger partial charge in [-0.15, -0.1) is 0 Å². The number of rotatable bonds is 23. The molecular formula is C27H61NO7S. The number of likely N-dealkylation sites (N-methyl/N-ethyl adjacent to an activating group) is 1. The van der Waals surface area contributed by atoms with Crippen molar-refractivity contribution in [1.29, 1.82) is 0 Å². The monoisotopic (exact) mass is 543 g/mol. The van der Waals surface area contributed by atoms with E-state index in [-0.39, 0.29) is 12.2 Å². The zero-order chi connectivity index (χ0) is 27.9. The molecule has 2 atom stereocenters. The van der Waals surface area contributed by atoms with Crippen molar-refractivity contribution in [2.75, 3.05) is 84.5 Å². The summed E-state index contributed by atoms with van der Waals surface area (Å²) < 4.78 is 20.7. The summed E-state index contributed by atoms with van der Waals surface area (Å²) in [6, 6.07) is 0. The molecule has 3 N–H and O–H groups in total. The van der Waals surface area contributed by atoms with E-state index in [9.17, 15) is 15.3 Å². The normalized spacial score (nSPS) is 12.7. The van der Waals surface area contributed by atoms with Crippen molar-refractivity contribution in [3.63, 3.8) is 0 Å². The molecule has 0 bridgehead atoms. The minimum Gasteiger partial charge on any atom is -0.390 e. The fourth-order valence-corrected chi connectivity index (χ4v) is 3.28. The highest BCUT2D eigenvalue weighted by Crippen LogP contribution is 2.04. The number of hydrogen-bond donors (Lipinski definition) is 3. The summed E-state index contributed by atoms with van der Waals surface area (Å²) in [6.45, 7) is 18.7. The number of aliphatic hydroxyl groups is 3. The zero-order valence-corrected chi connectivity index (χ0v) is 25.4. The molecule has 0 aromatic carbocycles. The van der Waals surface area contributed by atoms with Gasteiger partial charge in [0.15, 0.2) is 0 Å².